The highest BCUT2D eigenvalue weighted by molar-refractivity contribution is 5.81. The summed E-state index contributed by atoms with van der Waals surface area (Å²) in [5.41, 5.74) is 5.25. The minimum atomic E-state index is -0.801. The second kappa shape index (κ2) is 4.72. The van der Waals surface area contributed by atoms with Gasteiger partial charge in [-0.3, -0.25) is 4.79 Å². The number of esters is 1. The molecule has 0 aromatic carbocycles. The van der Waals surface area contributed by atoms with E-state index in [0.29, 0.717) is 19.4 Å². The smallest absolute Gasteiger partial charge is 0.326 e. The molecule has 0 saturated heterocycles. The average Bonchev–Trinajstić information content (AvgIpc) is 3.00. The Labute approximate surface area is 96.5 Å². The average molecular weight is 227 g/mol. The maximum atomic E-state index is 11.7. The van der Waals surface area contributed by atoms with Gasteiger partial charge >= 0.3 is 5.97 Å². The number of hydrogen-bond acceptors (Lipinski definition) is 4. The molecule has 0 amide bonds. The molecule has 4 nitrogen and oxygen atoms in total. The summed E-state index contributed by atoms with van der Waals surface area (Å²) in [6.07, 6.45) is 4.90. The lowest BCUT2D eigenvalue weighted by Gasteiger charge is -2.21. The molecule has 2 atom stereocenters. The molecule has 2 saturated carbocycles. The van der Waals surface area contributed by atoms with Gasteiger partial charge in [-0.05, 0) is 38.5 Å². The lowest BCUT2D eigenvalue weighted by molar-refractivity contribution is -0.149. The molecule has 16 heavy (non-hydrogen) atoms. The van der Waals surface area contributed by atoms with E-state index in [9.17, 15) is 4.79 Å². The molecule has 0 radical (unpaired) electrons. The summed E-state index contributed by atoms with van der Waals surface area (Å²) in [7, 11) is 0. The first-order chi connectivity index (χ1) is 7.64. The molecule has 2 aliphatic carbocycles. The zero-order chi connectivity index (χ0) is 11.6. The summed E-state index contributed by atoms with van der Waals surface area (Å²) in [6.45, 7) is 3.03. The summed E-state index contributed by atoms with van der Waals surface area (Å²) >= 11 is 0. The summed E-state index contributed by atoms with van der Waals surface area (Å²) in [4.78, 5) is 11.7. The Morgan fingerprint density at radius 1 is 1.44 bits per heavy atom. The van der Waals surface area contributed by atoms with Crippen LogP contribution < -0.4 is 5.73 Å². The summed E-state index contributed by atoms with van der Waals surface area (Å²) in [6, 6.07) is 0. The van der Waals surface area contributed by atoms with Crippen molar-refractivity contribution >= 4 is 5.97 Å². The second-order valence-corrected chi connectivity index (χ2v) is 5.02. The minimum Gasteiger partial charge on any atom is -0.465 e. The fraction of sp³-hybridized carbons (Fsp3) is 0.917. The molecule has 0 bridgehead atoms. The van der Waals surface area contributed by atoms with Gasteiger partial charge in [0.1, 0.15) is 5.54 Å². The molecule has 2 unspecified atom stereocenters. The number of hydrogen-bond donors (Lipinski definition) is 1. The molecular formula is C12H21NO3. The van der Waals surface area contributed by atoms with Gasteiger partial charge in [-0.15, -0.1) is 0 Å². The summed E-state index contributed by atoms with van der Waals surface area (Å²) in [5, 5.41) is 0. The van der Waals surface area contributed by atoms with Gasteiger partial charge in [0, 0.05) is 13.0 Å². The second-order valence-electron chi connectivity index (χ2n) is 5.02. The summed E-state index contributed by atoms with van der Waals surface area (Å²) < 4.78 is 10.8. The Kier molecular flexibility index (Phi) is 3.50. The fourth-order valence-corrected chi connectivity index (χ4v) is 2.19. The Bertz CT molecular complexity index is 265. The zero-order valence-electron chi connectivity index (χ0n) is 9.91. The van der Waals surface area contributed by atoms with Crippen molar-refractivity contribution in [2.45, 2.75) is 50.7 Å². The van der Waals surface area contributed by atoms with Crippen LogP contribution in [0.3, 0.4) is 0 Å². The van der Waals surface area contributed by atoms with Crippen LogP contribution in [0.4, 0.5) is 0 Å². The van der Waals surface area contributed by atoms with Gasteiger partial charge in [-0.25, -0.2) is 0 Å². The molecule has 0 aliphatic heterocycles. The Balaban J connectivity index is 1.77. The van der Waals surface area contributed by atoms with E-state index >= 15 is 0 Å². The molecule has 2 rings (SSSR count). The molecule has 0 heterocycles. The van der Waals surface area contributed by atoms with E-state index in [1.165, 1.54) is 12.8 Å². The van der Waals surface area contributed by atoms with E-state index in [2.05, 4.69) is 0 Å². The van der Waals surface area contributed by atoms with Crippen LogP contribution in [0.25, 0.3) is 0 Å². The monoisotopic (exact) mass is 227 g/mol. The van der Waals surface area contributed by atoms with Gasteiger partial charge in [-0.1, -0.05) is 0 Å². The molecule has 2 aliphatic rings. The van der Waals surface area contributed by atoms with Gasteiger partial charge in [-0.2, -0.15) is 0 Å². The third-order valence-corrected chi connectivity index (χ3v) is 3.45. The maximum Gasteiger partial charge on any atom is 0.326 e. The Morgan fingerprint density at radius 2 is 2.19 bits per heavy atom. The van der Waals surface area contributed by atoms with Crippen LogP contribution in [0, 0.1) is 5.92 Å². The standard InChI is InChI=1S/C12H21NO3/c1-2-15-11(14)12(13)6-5-10(7-12)16-8-9-3-4-9/h9-10H,2-8,13H2,1H3. The largest absolute Gasteiger partial charge is 0.465 e. The van der Waals surface area contributed by atoms with Crippen LogP contribution in [0.1, 0.15) is 39.0 Å². The Hall–Kier alpha value is -0.610. The van der Waals surface area contributed by atoms with E-state index in [-0.39, 0.29) is 12.1 Å². The highest BCUT2D eigenvalue weighted by Crippen LogP contribution is 2.34. The van der Waals surface area contributed by atoms with Gasteiger partial charge in [0.25, 0.3) is 0 Å². The van der Waals surface area contributed by atoms with E-state index in [4.69, 9.17) is 15.2 Å². The molecule has 2 fully saturated rings. The van der Waals surface area contributed by atoms with Crippen LogP contribution in [0.15, 0.2) is 0 Å². The summed E-state index contributed by atoms with van der Waals surface area (Å²) in [5.74, 6) is 0.489. The maximum absolute atomic E-state index is 11.7. The van der Waals surface area contributed by atoms with Crippen molar-refractivity contribution in [1.82, 2.24) is 0 Å². The third kappa shape index (κ3) is 2.74. The molecule has 0 aromatic rings. The van der Waals surface area contributed by atoms with Gasteiger partial charge in [0.2, 0.25) is 0 Å². The van der Waals surface area contributed by atoms with Gasteiger partial charge in [0.05, 0.1) is 12.7 Å². The van der Waals surface area contributed by atoms with Crippen LogP contribution in [-0.4, -0.2) is 30.8 Å². The fourth-order valence-electron chi connectivity index (χ4n) is 2.19. The number of ether oxygens (including phenoxy) is 2. The normalized spacial score (nSPS) is 34.0. The predicted molar refractivity (Wildman–Crippen MR) is 59.9 cm³/mol. The molecule has 0 aromatic heterocycles. The minimum absolute atomic E-state index is 0.148. The Morgan fingerprint density at radius 3 is 2.81 bits per heavy atom. The van der Waals surface area contributed by atoms with Gasteiger partial charge < -0.3 is 15.2 Å². The van der Waals surface area contributed by atoms with Crippen molar-refractivity contribution in [2.24, 2.45) is 11.7 Å². The first-order valence-electron chi connectivity index (χ1n) is 6.22. The third-order valence-electron chi connectivity index (χ3n) is 3.45. The molecule has 92 valence electrons. The lowest BCUT2D eigenvalue weighted by atomic mass is 9.99. The van der Waals surface area contributed by atoms with Crippen molar-refractivity contribution in [3.05, 3.63) is 0 Å². The highest BCUT2D eigenvalue weighted by atomic mass is 16.5. The van der Waals surface area contributed by atoms with Crippen molar-refractivity contribution in [3.8, 4) is 0 Å². The van der Waals surface area contributed by atoms with Gasteiger partial charge in [0.15, 0.2) is 0 Å². The number of rotatable bonds is 5. The van der Waals surface area contributed by atoms with E-state index in [1.807, 2.05) is 0 Å². The topological polar surface area (TPSA) is 61.5 Å². The van der Waals surface area contributed by atoms with Crippen LogP contribution in [0.5, 0.6) is 0 Å². The molecule has 4 heteroatoms. The van der Waals surface area contributed by atoms with Crippen LogP contribution in [0.2, 0.25) is 0 Å². The number of nitrogens with two attached hydrogens (primary N) is 1. The quantitative estimate of drug-likeness (QED) is 0.717. The van der Waals surface area contributed by atoms with Crippen molar-refractivity contribution in [1.29, 1.82) is 0 Å². The van der Waals surface area contributed by atoms with E-state index in [1.54, 1.807) is 6.92 Å². The zero-order valence-corrected chi connectivity index (χ0v) is 9.91. The first kappa shape index (κ1) is 11.9. The van der Waals surface area contributed by atoms with Crippen LogP contribution in [-0.2, 0) is 14.3 Å². The lowest BCUT2D eigenvalue weighted by Crippen LogP contribution is -2.47. The van der Waals surface area contributed by atoms with E-state index in [0.717, 1.165) is 18.9 Å². The van der Waals surface area contributed by atoms with Crippen molar-refractivity contribution in [3.63, 3.8) is 0 Å². The van der Waals surface area contributed by atoms with Crippen molar-refractivity contribution < 1.29 is 14.3 Å². The number of carbonyl (C=O) groups is 1. The SMILES string of the molecule is CCOC(=O)C1(N)CCC(OCC2CC2)C1. The van der Waals surface area contributed by atoms with Crippen molar-refractivity contribution in [2.75, 3.05) is 13.2 Å². The first-order valence-corrected chi connectivity index (χ1v) is 6.22. The molecular weight excluding hydrogens is 206 g/mol. The molecule has 0 spiro atoms. The predicted octanol–water partition coefficient (Wildman–Crippen LogP) is 1.23. The van der Waals surface area contributed by atoms with E-state index < -0.39 is 5.54 Å². The molecule has 2 N–H and O–H groups in total. The number of carbonyl (C=O) groups excluding carboxylic acids is 1. The van der Waals surface area contributed by atoms with Crippen LogP contribution >= 0.6 is 0 Å². The highest BCUT2D eigenvalue weighted by Gasteiger charge is 2.44.